The molecule has 0 radical (unpaired) electrons. The van der Waals surface area contributed by atoms with Crippen molar-refractivity contribution in [2.45, 2.75) is 13.0 Å². The molecule has 0 fully saturated rings. The summed E-state index contributed by atoms with van der Waals surface area (Å²) in [4.78, 5) is 10.7. The molecule has 1 aromatic carbocycles. The van der Waals surface area contributed by atoms with Crippen LogP contribution >= 0.6 is 0 Å². The Labute approximate surface area is 94.1 Å². The average Bonchev–Trinajstić information content (AvgIpc) is 2.27. The van der Waals surface area contributed by atoms with Crippen molar-refractivity contribution >= 4 is 6.09 Å². The molecule has 0 saturated heterocycles. The summed E-state index contributed by atoms with van der Waals surface area (Å²) >= 11 is 0. The number of carbonyl (C=O) groups is 1. The van der Waals surface area contributed by atoms with Gasteiger partial charge in [0.1, 0.15) is 11.5 Å². The van der Waals surface area contributed by atoms with Crippen molar-refractivity contribution in [2.75, 3.05) is 14.2 Å². The van der Waals surface area contributed by atoms with Gasteiger partial charge in [-0.3, -0.25) is 0 Å². The van der Waals surface area contributed by atoms with Gasteiger partial charge in [0.05, 0.1) is 13.2 Å². The van der Waals surface area contributed by atoms with E-state index < -0.39 is 6.09 Å². The summed E-state index contributed by atoms with van der Waals surface area (Å²) in [5.74, 6) is 0.935. The molecule has 1 unspecified atom stereocenters. The van der Waals surface area contributed by atoms with E-state index in [1.54, 1.807) is 25.3 Å². The summed E-state index contributed by atoms with van der Waals surface area (Å²) in [6.45, 7) is 1.84. The number of ether oxygens (including phenoxy) is 3. The maximum atomic E-state index is 10.7. The van der Waals surface area contributed by atoms with Crippen LogP contribution in [0.1, 0.15) is 18.6 Å². The van der Waals surface area contributed by atoms with Crippen molar-refractivity contribution in [3.63, 3.8) is 0 Å². The minimum Gasteiger partial charge on any atom is -0.497 e. The second-order valence-electron chi connectivity index (χ2n) is 3.20. The summed E-state index contributed by atoms with van der Waals surface area (Å²) in [6.07, 6.45) is -1.06. The molecule has 0 aliphatic carbocycles. The largest absolute Gasteiger partial charge is 0.497 e. The number of rotatable bonds is 4. The van der Waals surface area contributed by atoms with Crippen LogP contribution in [0.25, 0.3) is 0 Å². The van der Waals surface area contributed by atoms with Crippen LogP contribution < -0.4 is 15.2 Å². The van der Waals surface area contributed by atoms with E-state index in [-0.39, 0.29) is 6.10 Å². The fraction of sp³-hybridized carbons (Fsp3) is 0.364. The third-order valence-corrected chi connectivity index (χ3v) is 2.22. The number of methoxy groups -OCH3 is 2. The van der Waals surface area contributed by atoms with E-state index in [1.807, 2.05) is 6.92 Å². The second-order valence-corrected chi connectivity index (χ2v) is 3.20. The predicted octanol–water partition coefficient (Wildman–Crippen LogP) is 1.86. The Morgan fingerprint density at radius 2 is 2.06 bits per heavy atom. The highest BCUT2D eigenvalue weighted by Gasteiger charge is 2.14. The molecular formula is C11H15NO4. The van der Waals surface area contributed by atoms with Crippen LogP contribution in [0.3, 0.4) is 0 Å². The van der Waals surface area contributed by atoms with Gasteiger partial charge in [0.25, 0.3) is 0 Å². The summed E-state index contributed by atoms with van der Waals surface area (Å²) < 4.78 is 15.1. The van der Waals surface area contributed by atoms with Crippen LogP contribution in [0.5, 0.6) is 11.5 Å². The van der Waals surface area contributed by atoms with Gasteiger partial charge >= 0.3 is 6.09 Å². The standard InChI is InChI=1S/C11H15NO4/c1-7(14-2)9-5-4-8(15-3)6-10(9)16-11(12)13/h4-7H,1-3H3,(H2,12,13). The Morgan fingerprint density at radius 3 is 2.56 bits per heavy atom. The van der Waals surface area contributed by atoms with Crippen molar-refractivity contribution in [3.05, 3.63) is 23.8 Å². The molecule has 0 spiro atoms. The van der Waals surface area contributed by atoms with Crippen molar-refractivity contribution in [1.82, 2.24) is 0 Å². The average molecular weight is 225 g/mol. The maximum Gasteiger partial charge on any atom is 0.409 e. The Kier molecular flexibility index (Phi) is 4.13. The van der Waals surface area contributed by atoms with Crippen molar-refractivity contribution in [1.29, 1.82) is 0 Å². The lowest BCUT2D eigenvalue weighted by molar-refractivity contribution is 0.117. The SMILES string of the molecule is COc1ccc(C(C)OC)c(OC(N)=O)c1. The monoisotopic (exact) mass is 225 g/mol. The molecule has 0 bridgehead atoms. The van der Waals surface area contributed by atoms with Crippen molar-refractivity contribution in [2.24, 2.45) is 5.73 Å². The number of primary amides is 1. The smallest absolute Gasteiger partial charge is 0.409 e. The van der Waals surface area contributed by atoms with E-state index in [0.29, 0.717) is 11.5 Å². The Hall–Kier alpha value is -1.75. The van der Waals surface area contributed by atoms with Gasteiger partial charge in [-0.25, -0.2) is 4.79 Å². The number of carbonyl (C=O) groups excluding carboxylic acids is 1. The number of hydrogen-bond donors (Lipinski definition) is 1. The highest BCUT2D eigenvalue weighted by Crippen LogP contribution is 2.30. The van der Waals surface area contributed by atoms with Crippen LogP contribution in [0.2, 0.25) is 0 Å². The van der Waals surface area contributed by atoms with E-state index in [4.69, 9.17) is 19.9 Å². The van der Waals surface area contributed by atoms with Gasteiger partial charge in [-0.15, -0.1) is 0 Å². The molecule has 0 heterocycles. The zero-order valence-corrected chi connectivity index (χ0v) is 9.52. The molecule has 1 amide bonds. The quantitative estimate of drug-likeness (QED) is 0.849. The molecular weight excluding hydrogens is 210 g/mol. The van der Waals surface area contributed by atoms with Crippen molar-refractivity contribution in [3.8, 4) is 11.5 Å². The van der Waals surface area contributed by atoms with E-state index in [2.05, 4.69) is 0 Å². The lowest BCUT2D eigenvalue weighted by atomic mass is 10.1. The third kappa shape index (κ3) is 2.87. The normalized spacial score (nSPS) is 11.9. The number of hydrogen-bond acceptors (Lipinski definition) is 4. The molecule has 1 atom stereocenters. The van der Waals surface area contributed by atoms with Crippen molar-refractivity contribution < 1.29 is 19.0 Å². The molecule has 5 heteroatoms. The van der Waals surface area contributed by atoms with E-state index in [1.165, 1.54) is 7.11 Å². The zero-order chi connectivity index (χ0) is 12.1. The molecule has 0 aliphatic heterocycles. The lowest BCUT2D eigenvalue weighted by Gasteiger charge is -2.15. The topological polar surface area (TPSA) is 70.8 Å². The first-order chi connectivity index (χ1) is 7.58. The molecule has 1 aromatic rings. The number of nitrogens with two attached hydrogens (primary N) is 1. The number of benzene rings is 1. The highest BCUT2D eigenvalue weighted by atomic mass is 16.6. The van der Waals surface area contributed by atoms with Gasteiger partial charge in [-0.1, -0.05) is 0 Å². The summed E-state index contributed by atoms with van der Waals surface area (Å²) in [5, 5.41) is 0. The molecule has 0 saturated carbocycles. The van der Waals surface area contributed by atoms with Crippen LogP contribution in [0.15, 0.2) is 18.2 Å². The predicted molar refractivity (Wildman–Crippen MR) is 58.6 cm³/mol. The fourth-order valence-corrected chi connectivity index (χ4v) is 1.30. The molecule has 2 N–H and O–H groups in total. The maximum absolute atomic E-state index is 10.7. The van der Waals surface area contributed by atoms with Gasteiger partial charge in [0.15, 0.2) is 0 Å². The molecule has 88 valence electrons. The van der Waals surface area contributed by atoms with E-state index in [9.17, 15) is 4.79 Å². The van der Waals surface area contributed by atoms with Crippen LogP contribution in [-0.4, -0.2) is 20.3 Å². The lowest BCUT2D eigenvalue weighted by Crippen LogP contribution is -2.17. The first-order valence-corrected chi connectivity index (χ1v) is 4.76. The summed E-state index contributed by atoms with van der Waals surface area (Å²) in [5.41, 5.74) is 5.72. The zero-order valence-electron chi connectivity index (χ0n) is 9.52. The highest BCUT2D eigenvalue weighted by molar-refractivity contribution is 5.69. The summed E-state index contributed by atoms with van der Waals surface area (Å²) in [7, 11) is 3.10. The minimum atomic E-state index is -0.863. The van der Waals surface area contributed by atoms with E-state index in [0.717, 1.165) is 5.56 Å². The first-order valence-electron chi connectivity index (χ1n) is 4.76. The molecule has 0 aliphatic rings. The van der Waals surface area contributed by atoms with Gasteiger partial charge < -0.3 is 19.9 Å². The summed E-state index contributed by atoms with van der Waals surface area (Å²) in [6, 6.07) is 5.12. The van der Waals surface area contributed by atoms with Gasteiger partial charge in [0, 0.05) is 18.7 Å². The fourth-order valence-electron chi connectivity index (χ4n) is 1.30. The molecule has 5 nitrogen and oxygen atoms in total. The van der Waals surface area contributed by atoms with Gasteiger partial charge in [0.2, 0.25) is 0 Å². The molecule has 0 aromatic heterocycles. The van der Waals surface area contributed by atoms with Gasteiger partial charge in [-0.05, 0) is 19.1 Å². The van der Waals surface area contributed by atoms with Gasteiger partial charge in [-0.2, -0.15) is 0 Å². The van der Waals surface area contributed by atoms with Crippen LogP contribution in [0.4, 0.5) is 4.79 Å². The van der Waals surface area contributed by atoms with Crippen LogP contribution in [0, 0.1) is 0 Å². The third-order valence-electron chi connectivity index (χ3n) is 2.22. The second kappa shape index (κ2) is 5.37. The minimum absolute atomic E-state index is 0.194. The molecule has 16 heavy (non-hydrogen) atoms. The molecule has 1 rings (SSSR count). The Bertz CT molecular complexity index is 378. The van der Waals surface area contributed by atoms with Crippen LogP contribution in [-0.2, 0) is 4.74 Å². The number of amides is 1. The Morgan fingerprint density at radius 1 is 1.38 bits per heavy atom. The Balaban J connectivity index is 3.10. The first kappa shape index (κ1) is 12.3. The van der Waals surface area contributed by atoms with E-state index >= 15 is 0 Å².